The van der Waals surface area contributed by atoms with Crippen LogP contribution in [0.15, 0.2) is 23.1 Å². The average Bonchev–Trinajstić information content (AvgIpc) is 2.91. The normalized spacial score (nSPS) is 17.4. The van der Waals surface area contributed by atoms with Crippen molar-refractivity contribution in [1.29, 1.82) is 0 Å². The number of hydrogen-bond donors (Lipinski definition) is 0. The van der Waals surface area contributed by atoms with E-state index < -0.39 is 27.0 Å². The van der Waals surface area contributed by atoms with Crippen LogP contribution in [-0.4, -0.2) is 26.7 Å². The van der Waals surface area contributed by atoms with E-state index in [1.54, 1.807) is 26.0 Å². The summed E-state index contributed by atoms with van der Waals surface area (Å²) in [6, 6.07) is 5.31. The molecule has 0 heterocycles. The van der Waals surface area contributed by atoms with Crippen LogP contribution in [0.2, 0.25) is 0 Å². The van der Waals surface area contributed by atoms with Crippen molar-refractivity contribution >= 4 is 15.8 Å². The third kappa shape index (κ3) is 2.59. The Morgan fingerprint density at radius 1 is 1.20 bits per heavy atom. The number of ether oxygens (including phenoxy) is 1. The summed E-state index contributed by atoms with van der Waals surface area (Å²) in [5.41, 5.74) is 2.35. The van der Waals surface area contributed by atoms with Crippen LogP contribution < -0.4 is 0 Å². The minimum Gasteiger partial charge on any atom is -0.469 e. The molecular formula is C15H20O4S. The Morgan fingerprint density at radius 3 is 2.50 bits per heavy atom. The topological polar surface area (TPSA) is 60.4 Å². The Morgan fingerprint density at radius 2 is 1.85 bits per heavy atom. The average molecular weight is 296 g/mol. The molecule has 2 unspecified atom stereocenters. The molecule has 0 aliphatic heterocycles. The van der Waals surface area contributed by atoms with E-state index in [9.17, 15) is 13.2 Å². The number of benzene rings is 1. The number of hydrogen-bond acceptors (Lipinski definition) is 4. The second-order valence-electron chi connectivity index (χ2n) is 5.35. The molecule has 110 valence electrons. The smallest absolute Gasteiger partial charge is 0.309 e. The highest BCUT2D eigenvalue weighted by Crippen LogP contribution is 2.28. The van der Waals surface area contributed by atoms with Crippen molar-refractivity contribution in [3.8, 4) is 0 Å². The van der Waals surface area contributed by atoms with Gasteiger partial charge in [-0.05, 0) is 49.4 Å². The number of sulfone groups is 1. The van der Waals surface area contributed by atoms with Crippen molar-refractivity contribution in [3.05, 3.63) is 29.3 Å². The van der Waals surface area contributed by atoms with Crippen LogP contribution in [0.1, 0.15) is 31.4 Å². The van der Waals surface area contributed by atoms with Gasteiger partial charge >= 0.3 is 5.97 Å². The minimum absolute atomic E-state index is 0.307. The zero-order valence-electron chi connectivity index (χ0n) is 12.0. The quantitative estimate of drug-likeness (QED) is 0.799. The van der Waals surface area contributed by atoms with Crippen molar-refractivity contribution < 1.29 is 17.9 Å². The van der Waals surface area contributed by atoms with Crippen LogP contribution in [0.3, 0.4) is 0 Å². The maximum atomic E-state index is 12.6. The van der Waals surface area contributed by atoms with E-state index in [1.807, 2.05) is 6.07 Å². The van der Waals surface area contributed by atoms with Crippen LogP contribution in [0, 0.1) is 5.92 Å². The molecule has 2 atom stereocenters. The molecule has 0 saturated carbocycles. The van der Waals surface area contributed by atoms with Crippen molar-refractivity contribution in [1.82, 2.24) is 0 Å². The number of rotatable bonds is 4. The van der Waals surface area contributed by atoms with Crippen LogP contribution in [-0.2, 0) is 32.2 Å². The summed E-state index contributed by atoms with van der Waals surface area (Å²) in [5.74, 6) is -1.18. The molecule has 0 fully saturated rings. The third-order valence-corrected chi connectivity index (χ3v) is 6.46. The van der Waals surface area contributed by atoms with E-state index in [1.165, 1.54) is 12.7 Å². The molecule has 0 spiro atoms. The molecular weight excluding hydrogens is 276 g/mol. The van der Waals surface area contributed by atoms with Crippen molar-refractivity contribution in [2.24, 2.45) is 5.92 Å². The first-order valence-electron chi connectivity index (χ1n) is 6.81. The van der Waals surface area contributed by atoms with E-state index in [0.717, 1.165) is 24.8 Å². The number of carbonyl (C=O) groups is 1. The lowest BCUT2D eigenvalue weighted by molar-refractivity contribution is -0.144. The van der Waals surface area contributed by atoms with Gasteiger partial charge in [-0.15, -0.1) is 0 Å². The fourth-order valence-electron chi connectivity index (χ4n) is 2.59. The highest BCUT2D eigenvalue weighted by atomic mass is 32.2. The Hall–Kier alpha value is -1.36. The van der Waals surface area contributed by atoms with Crippen molar-refractivity contribution in [2.75, 3.05) is 7.11 Å². The molecule has 2 rings (SSSR count). The van der Waals surface area contributed by atoms with Gasteiger partial charge in [0.1, 0.15) is 0 Å². The molecule has 0 N–H and O–H groups in total. The zero-order valence-corrected chi connectivity index (χ0v) is 12.9. The fraction of sp³-hybridized carbons (Fsp3) is 0.533. The second kappa shape index (κ2) is 5.56. The largest absolute Gasteiger partial charge is 0.469 e. The minimum atomic E-state index is -3.52. The Bertz CT molecular complexity index is 619. The van der Waals surface area contributed by atoms with Gasteiger partial charge in [0.15, 0.2) is 9.84 Å². The summed E-state index contributed by atoms with van der Waals surface area (Å²) in [4.78, 5) is 11.8. The summed E-state index contributed by atoms with van der Waals surface area (Å²) >= 11 is 0. The molecule has 1 aliphatic carbocycles. The lowest BCUT2D eigenvalue weighted by atomic mass is 10.1. The van der Waals surface area contributed by atoms with E-state index in [-0.39, 0.29) is 0 Å². The number of carbonyl (C=O) groups excluding carboxylic acids is 1. The lowest BCUT2D eigenvalue weighted by Crippen LogP contribution is -2.31. The molecule has 0 amide bonds. The summed E-state index contributed by atoms with van der Waals surface area (Å²) in [5, 5.41) is -0.797. The standard InChI is InChI=1S/C15H20O4S/c1-10(15(16)19-3)11(2)20(17,18)14-8-7-12-5-4-6-13(12)9-14/h7-11H,4-6H2,1-3H3. The van der Waals surface area contributed by atoms with Gasteiger partial charge < -0.3 is 4.74 Å². The van der Waals surface area contributed by atoms with Gasteiger partial charge in [-0.2, -0.15) is 0 Å². The van der Waals surface area contributed by atoms with Crippen molar-refractivity contribution in [2.45, 2.75) is 43.3 Å². The number of aryl methyl sites for hydroxylation is 2. The molecule has 4 nitrogen and oxygen atoms in total. The number of esters is 1. The van der Waals surface area contributed by atoms with Gasteiger partial charge in [-0.3, -0.25) is 4.79 Å². The third-order valence-electron chi connectivity index (χ3n) is 4.17. The monoisotopic (exact) mass is 296 g/mol. The first-order chi connectivity index (χ1) is 9.37. The van der Waals surface area contributed by atoms with Gasteiger partial charge in [0.2, 0.25) is 0 Å². The SMILES string of the molecule is COC(=O)C(C)C(C)S(=O)(=O)c1ccc2c(c1)CCC2. The molecule has 20 heavy (non-hydrogen) atoms. The summed E-state index contributed by atoms with van der Waals surface area (Å²) in [7, 11) is -2.24. The highest BCUT2D eigenvalue weighted by Gasteiger charge is 2.33. The summed E-state index contributed by atoms with van der Waals surface area (Å²) in [6.45, 7) is 3.14. The second-order valence-corrected chi connectivity index (χ2v) is 7.65. The van der Waals surface area contributed by atoms with E-state index >= 15 is 0 Å². The lowest BCUT2D eigenvalue weighted by Gasteiger charge is -2.18. The van der Waals surface area contributed by atoms with Crippen LogP contribution in [0.25, 0.3) is 0 Å². The maximum Gasteiger partial charge on any atom is 0.309 e. The fourth-order valence-corrected chi connectivity index (χ4v) is 4.23. The van der Waals surface area contributed by atoms with Gasteiger partial charge in [0.25, 0.3) is 0 Å². The van der Waals surface area contributed by atoms with Gasteiger partial charge in [0.05, 0.1) is 23.2 Å². The first kappa shape index (κ1) is 15.0. The van der Waals surface area contributed by atoms with Gasteiger partial charge in [-0.25, -0.2) is 8.42 Å². The molecule has 1 aromatic carbocycles. The first-order valence-corrected chi connectivity index (χ1v) is 8.36. The molecule has 0 bridgehead atoms. The van der Waals surface area contributed by atoms with E-state index in [2.05, 4.69) is 4.74 Å². The zero-order chi connectivity index (χ0) is 14.9. The van der Waals surface area contributed by atoms with Crippen molar-refractivity contribution in [3.63, 3.8) is 0 Å². The Labute approximate surface area is 120 Å². The number of methoxy groups -OCH3 is 1. The molecule has 5 heteroatoms. The molecule has 1 aliphatic rings. The molecule has 0 aromatic heterocycles. The van der Waals surface area contributed by atoms with E-state index in [4.69, 9.17) is 0 Å². The van der Waals surface area contributed by atoms with E-state index in [0.29, 0.717) is 4.90 Å². The Balaban J connectivity index is 2.33. The Kier molecular flexibility index (Phi) is 4.18. The molecule has 0 radical (unpaired) electrons. The van der Waals surface area contributed by atoms with Crippen LogP contribution in [0.5, 0.6) is 0 Å². The molecule has 1 aromatic rings. The predicted octanol–water partition coefficient (Wildman–Crippen LogP) is 2.15. The summed E-state index contributed by atoms with van der Waals surface area (Å²) in [6.07, 6.45) is 3.02. The molecule has 0 saturated heterocycles. The van der Waals surface area contributed by atoms with Crippen LogP contribution in [0.4, 0.5) is 0 Å². The maximum absolute atomic E-state index is 12.6. The van der Waals surface area contributed by atoms with Gasteiger partial charge in [0, 0.05) is 0 Å². The predicted molar refractivity (Wildman–Crippen MR) is 76.3 cm³/mol. The van der Waals surface area contributed by atoms with Gasteiger partial charge in [-0.1, -0.05) is 13.0 Å². The van der Waals surface area contributed by atoms with Crippen LogP contribution >= 0.6 is 0 Å². The summed E-state index contributed by atoms with van der Waals surface area (Å²) < 4.78 is 29.8. The number of fused-ring (bicyclic) bond motifs is 1. The highest BCUT2D eigenvalue weighted by molar-refractivity contribution is 7.92.